The van der Waals surface area contributed by atoms with Crippen LogP contribution in [0.1, 0.15) is 36.8 Å². The molecule has 0 saturated heterocycles. The molecular weight excluding hydrogens is 208 g/mol. The lowest BCUT2D eigenvalue weighted by Crippen LogP contribution is -2.26. The van der Waals surface area contributed by atoms with Crippen LogP contribution in [0, 0.1) is 5.92 Å². The van der Waals surface area contributed by atoms with Gasteiger partial charge in [-0.25, -0.2) is 0 Å². The Morgan fingerprint density at radius 3 is 3.06 bits per heavy atom. The second-order valence-corrected chi connectivity index (χ2v) is 5.25. The van der Waals surface area contributed by atoms with E-state index in [4.69, 9.17) is 0 Å². The number of benzene rings is 1. The molecule has 1 aromatic carbocycles. The van der Waals surface area contributed by atoms with Gasteiger partial charge in [-0.05, 0) is 35.8 Å². The Hall–Kier alpha value is -1.31. The highest BCUT2D eigenvalue weighted by atomic mass is 15.1. The molecule has 2 aliphatic rings. The van der Waals surface area contributed by atoms with Crippen molar-refractivity contribution in [3.63, 3.8) is 0 Å². The summed E-state index contributed by atoms with van der Waals surface area (Å²) in [5, 5.41) is 3.40. The van der Waals surface area contributed by atoms with Crippen molar-refractivity contribution in [3.8, 4) is 0 Å². The lowest BCUT2D eigenvalue weighted by atomic mass is 9.74. The summed E-state index contributed by atoms with van der Waals surface area (Å²) in [6.07, 6.45) is 3.67. The van der Waals surface area contributed by atoms with Crippen molar-refractivity contribution in [1.82, 2.24) is 5.32 Å². The summed E-state index contributed by atoms with van der Waals surface area (Å²) < 4.78 is 0. The molecule has 17 heavy (non-hydrogen) atoms. The molecule has 1 N–H and O–H groups in total. The molecule has 0 aromatic heterocycles. The Bertz CT molecular complexity index is 436. The van der Waals surface area contributed by atoms with E-state index in [0.29, 0.717) is 5.92 Å². The predicted octanol–water partition coefficient (Wildman–Crippen LogP) is 2.74. The van der Waals surface area contributed by atoms with Crippen molar-refractivity contribution in [2.45, 2.75) is 32.1 Å². The van der Waals surface area contributed by atoms with Gasteiger partial charge >= 0.3 is 0 Å². The van der Waals surface area contributed by atoms with Crippen LogP contribution in [0.4, 0.5) is 0 Å². The maximum Gasteiger partial charge on any atom is 0.0967 e. The topological polar surface area (TPSA) is 24.4 Å². The number of hydrogen-bond acceptors (Lipinski definition) is 2. The Morgan fingerprint density at radius 1 is 1.35 bits per heavy atom. The molecule has 1 aliphatic carbocycles. The summed E-state index contributed by atoms with van der Waals surface area (Å²) >= 11 is 0. The zero-order chi connectivity index (χ0) is 11.7. The Morgan fingerprint density at radius 2 is 2.24 bits per heavy atom. The first kappa shape index (κ1) is 10.8. The summed E-state index contributed by atoms with van der Waals surface area (Å²) in [7, 11) is 0. The molecule has 0 unspecified atom stereocenters. The third-order valence-electron chi connectivity index (χ3n) is 4.24. The van der Waals surface area contributed by atoms with Crippen LogP contribution in [0.15, 0.2) is 29.3 Å². The second-order valence-electron chi connectivity index (χ2n) is 5.25. The van der Waals surface area contributed by atoms with Crippen LogP contribution in [-0.4, -0.2) is 18.9 Å². The third kappa shape index (κ3) is 2.08. The molecule has 2 heteroatoms. The molecule has 0 bridgehead atoms. The lowest BCUT2D eigenvalue weighted by molar-refractivity contribution is 0.402. The van der Waals surface area contributed by atoms with Crippen LogP contribution < -0.4 is 5.32 Å². The van der Waals surface area contributed by atoms with Gasteiger partial charge in [0.05, 0.1) is 12.4 Å². The van der Waals surface area contributed by atoms with Gasteiger partial charge in [-0.2, -0.15) is 0 Å². The maximum atomic E-state index is 4.53. The SMILES string of the molecule is C[C@@H]1c2ccccc2CC[C@H]1CC1=NCCN1. The standard InChI is InChI=1S/C15H20N2/c1-11-13(10-15-16-8-9-17-15)7-6-12-4-2-3-5-14(11)12/h2-5,11,13H,6-10H2,1H3,(H,16,17)/t11-,13-/m0/s1. The maximum absolute atomic E-state index is 4.53. The molecule has 0 spiro atoms. The van der Waals surface area contributed by atoms with Gasteiger partial charge in [-0.3, -0.25) is 4.99 Å². The lowest BCUT2D eigenvalue weighted by Gasteiger charge is -2.31. The fraction of sp³-hybridized carbons (Fsp3) is 0.533. The van der Waals surface area contributed by atoms with Crippen molar-refractivity contribution in [1.29, 1.82) is 0 Å². The second kappa shape index (κ2) is 4.52. The Balaban J connectivity index is 1.77. The number of hydrogen-bond donors (Lipinski definition) is 1. The minimum Gasteiger partial charge on any atom is -0.372 e. The summed E-state index contributed by atoms with van der Waals surface area (Å²) in [4.78, 5) is 4.53. The van der Waals surface area contributed by atoms with Crippen LogP contribution in [0.5, 0.6) is 0 Å². The summed E-state index contributed by atoms with van der Waals surface area (Å²) in [5.74, 6) is 2.67. The zero-order valence-electron chi connectivity index (χ0n) is 10.4. The van der Waals surface area contributed by atoms with E-state index in [1.54, 1.807) is 11.1 Å². The molecule has 1 aromatic rings. The fourth-order valence-corrected chi connectivity index (χ4v) is 3.16. The first-order chi connectivity index (χ1) is 8.34. The minimum absolute atomic E-state index is 0.671. The van der Waals surface area contributed by atoms with E-state index in [1.807, 2.05) is 0 Å². The van der Waals surface area contributed by atoms with E-state index in [2.05, 4.69) is 41.5 Å². The van der Waals surface area contributed by atoms with Crippen molar-refractivity contribution in [2.75, 3.05) is 13.1 Å². The average Bonchev–Trinajstić information content (AvgIpc) is 2.86. The fourth-order valence-electron chi connectivity index (χ4n) is 3.16. The molecule has 3 rings (SSSR count). The molecule has 0 radical (unpaired) electrons. The number of nitrogens with one attached hydrogen (secondary N) is 1. The molecule has 1 heterocycles. The quantitative estimate of drug-likeness (QED) is 0.827. The Labute approximate surface area is 103 Å². The highest BCUT2D eigenvalue weighted by Crippen LogP contribution is 2.37. The van der Waals surface area contributed by atoms with E-state index in [-0.39, 0.29) is 0 Å². The predicted molar refractivity (Wildman–Crippen MR) is 71.6 cm³/mol. The Kier molecular flexibility index (Phi) is 2.87. The summed E-state index contributed by atoms with van der Waals surface area (Å²) in [6, 6.07) is 8.92. The van der Waals surface area contributed by atoms with Gasteiger partial charge in [0.25, 0.3) is 0 Å². The molecule has 90 valence electrons. The van der Waals surface area contributed by atoms with Gasteiger partial charge in [-0.1, -0.05) is 31.2 Å². The molecule has 0 saturated carbocycles. The molecule has 2 nitrogen and oxygen atoms in total. The summed E-state index contributed by atoms with van der Waals surface area (Å²) in [6.45, 7) is 4.37. The number of nitrogens with zero attached hydrogens (tertiary/aromatic N) is 1. The van der Waals surface area contributed by atoms with Crippen LogP contribution in [-0.2, 0) is 6.42 Å². The molecule has 1 aliphatic heterocycles. The van der Waals surface area contributed by atoms with Gasteiger partial charge in [0.2, 0.25) is 0 Å². The number of rotatable bonds is 2. The largest absolute Gasteiger partial charge is 0.372 e. The van der Waals surface area contributed by atoms with Crippen molar-refractivity contribution < 1.29 is 0 Å². The van der Waals surface area contributed by atoms with E-state index in [0.717, 1.165) is 25.4 Å². The van der Waals surface area contributed by atoms with E-state index >= 15 is 0 Å². The van der Waals surface area contributed by atoms with Crippen LogP contribution in [0.3, 0.4) is 0 Å². The van der Waals surface area contributed by atoms with Gasteiger partial charge in [0.1, 0.15) is 0 Å². The molecule has 0 fully saturated rings. The van der Waals surface area contributed by atoms with Gasteiger partial charge in [-0.15, -0.1) is 0 Å². The number of fused-ring (bicyclic) bond motifs is 1. The van der Waals surface area contributed by atoms with Crippen molar-refractivity contribution in [2.24, 2.45) is 10.9 Å². The minimum atomic E-state index is 0.671. The highest BCUT2D eigenvalue weighted by molar-refractivity contribution is 5.83. The number of aryl methyl sites for hydroxylation is 1. The third-order valence-corrected chi connectivity index (χ3v) is 4.24. The smallest absolute Gasteiger partial charge is 0.0967 e. The van der Waals surface area contributed by atoms with Gasteiger partial charge in [0, 0.05) is 13.0 Å². The number of amidine groups is 1. The highest BCUT2D eigenvalue weighted by Gasteiger charge is 2.27. The normalized spacial score (nSPS) is 27.2. The first-order valence-corrected chi connectivity index (χ1v) is 6.69. The van der Waals surface area contributed by atoms with Crippen LogP contribution in [0.25, 0.3) is 0 Å². The van der Waals surface area contributed by atoms with Crippen molar-refractivity contribution in [3.05, 3.63) is 35.4 Å². The van der Waals surface area contributed by atoms with Crippen LogP contribution >= 0.6 is 0 Å². The van der Waals surface area contributed by atoms with Crippen LogP contribution in [0.2, 0.25) is 0 Å². The molecule has 2 atom stereocenters. The first-order valence-electron chi connectivity index (χ1n) is 6.69. The summed E-state index contributed by atoms with van der Waals surface area (Å²) in [5.41, 5.74) is 3.11. The van der Waals surface area contributed by atoms with E-state index in [1.165, 1.54) is 18.7 Å². The van der Waals surface area contributed by atoms with E-state index in [9.17, 15) is 0 Å². The molecule has 0 amide bonds. The monoisotopic (exact) mass is 228 g/mol. The molecular formula is C15H20N2. The average molecular weight is 228 g/mol. The van der Waals surface area contributed by atoms with Gasteiger partial charge < -0.3 is 5.32 Å². The number of aliphatic imine (C=N–C) groups is 1. The zero-order valence-corrected chi connectivity index (χ0v) is 10.4. The van der Waals surface area contributed by atoms with E-state index < -0.39 is 0 Å². The van der Waals surface area contributed by atoms with Gasteiger partial charge in [0.15, 0.2) is 0 Å². The van der Waals surface area contributed by atoms with Crippen molar-refractivity contribution >= 4 is 5.84 Å².